The molecular weight excluding hydrogens is 326 g/mol. The van der Waals surface area contributed by atoms with Crippen LogP contribution in [0, 0.1) is 0 Å². The van der Waals surface area contributed by atoms with E-state index in [4.69, 9.17) is 9.47 Å². The molecule has 0 unspecified atom stereocenters. The van der Waals surface area contributed by atoms with Crippen LogP contribution in [0.15, 0.2) is 30.3 Å². The summed E-state index contributed by atoms with van der Waals surface area (Å²) in [6.45, 7) is 2.04. The Hall–Kier alpha value is -2.74. The molecule has 0 bridgehead atoms. The van der Waals surface area contributed by atoms with E-state index in [1.54, 1.807) is 14.2 Å². The number of rotatable bonds is 6. The van der Waals surface area contributed by atoms with Gasteiger partial charge in [-0.2, -0.15) is 0 Å². The molecule has 0 aliphatic carbocycles. The number of anilines is 2. The van der Waals surface area contributed by atoms with Crippen molar-refractivity contribution < 1.29 is 9.47 Å². The van der Waals surface area contributed by atoms with E-state index in [0.717, 1.165) is 22.7 Å². The van der Waals surface area contributed by atoms with Gasteiger partial charge in [-0.25, -0.2) is 0 Å². The number of hydrogen-bond acceptors (Lipinski definition) is 8. The zero-order valence-corrected chi connectivity index (χ0v) is 14.4. The number of ether oxygens (including phenoxy) is 2. The van der Waals surface area contributed by atoms with E-state index in [9.17, 15) is 0 Å². The minimum atomic E-state index is 0.623. The van der Waals surface area contributed by atoms with Gasteiger partial charge >= 0.3 is 0 Å². The second kappa shape index (κ2) is 7.22. The minimum absolute atomic E-state index is 0.623. The predicted molar refractivity (Wildman–Crippen MR) is 93.1 cm³/mol. The molecule has 0 fully saturated rings. The van der Waals surface area contributed by atoms with Gasteiger partial charge in [-0.15, -0.1) is 20.4 Å². The zero-order chi connectivity index (χ0) is 16.9. The Morgan fingerprint density at radius 2 is 1.79 bits per heavy atom. The maximum atomic E-state index is 5.31. The van der Waals surface area contributed by atoms with Crippen molar-refractivity contribution in [1.29, 1.82) is 0 Å². The summed E-state index contributed by atoms with van der Waals surface area (Å²) in [6, 6.07) is 9.37. The smallest absolute Gasteiger partial charge is 0.211 e. The molecule has 2 heterocycles. The molecule has 7 nitrogen and oxygen atoms in total. The molecule has 0 radical (unpaired) electrons. The second-order valence-electron chi connectivity index (χ2n) is 4.85. The SMILES string of the molecule is CCc1nnc(Nc2ccc(-c3ccc(OC)c(OC)c3)nn2)s1. The molecule has 1 aromatic carbocycles. The number of aromatic nitrogens is 4. The summed E-state index contributed by atoms with van der Waals surface area (Å²) in [5.41, 5.74) is 1.64. The van der Waals surface area contributed by atoms with Gasteiger partial charge in [0.2, 0.25) is 5.13 Å². The lowest BCUT2D eigenvalue weighted by molar-refractivity contribution is 0.355. The van der Waals surface area contributed by atoms with E-state index in [1.807, 2.05) is 37.3 Å². The number of benzene rings is 1. The molecule has 0 atom stereocenters. The molecular formula is C16H17N5O2S. The Bertz CT molecular complexity index is 820. The summed E-state index contributed by atoms with van der Waals surface area (Å²) in [6.07, 6.45) is 0.864. The third-order valence-corrected chi connectivity index (χ3v) is 4.33. The fourth-order valence-electron chi connectivity index (χ4n) is 2.10. The van der Waals surface area contributed by atoms with E-state index in [0.29, 0.717) is 22.4 Å². The lowest BCUT2D eigenvalue weighted by Crippen LogP contribution is -1.96. The highest BCUT2D eigenvalue weighted by Gasteiger charge is 2.09. The van der Waals surface area contributed by atoms with Gasteiger partial charge in [-0.1, -0.05) is 18.3 Å². The van der Waals surface area contributed by atoms with Gasteiger partial charge in [0.05, 0.1) is 19.9 Å². The first kappa shape index (κ1) is 16.1. The van der Waals surface area contributed by atoms with Crippen molar-refractivity contribution in [3.05, 3.63) is 35.3 Å². The maximum absolute atomic E-state index is 5.31. The van der Waals surface area contributed by atoms with Crippen molar-refractivity contribution in [3.63, 3.8) is 0 Å². The van der Waals surface area contributed by atoms with Gasteiger partial charge in [0.25, 0.3) is 0 Å². The molecule has 0 saturated heterocycles. The van der Waals surface area contributed by atoms with Gasteiger partial charge in [0, 0.05) is 5.56 Å². The maximum Gasteiger partial charge on any atom is 0.211 e. The molecule has 3 aromatic rings. The monoisotopic (exact) mass is 343 g/mol. The summed E-state index contributed by atoms with van der Waals surface area (Å²) < 4.78 is 10.6. The highest BCUT2D eigenvalue weighted by Crippen LogP contribution is 2.31. The number of hydrogen-bond donors (Lipinski definition) is 1. The Balaban J connectivity index is 1.79. The van der Waals surface area contributed by atoms with Crippen LogP contribution in [0.2, 0.25) is 0 Å². The number of aryl methyl sites for hydroxylation is 1. The molecule has 0 spiro atoms. The van der Waals surface area contributed by atoms with E-state index >= 15 is 0 Å². The summed E-state index contributed by atoms with van der Waals surface area (Å²) in [5, 5.41) is 21.4. The van der Waals surface area contributed by atoms with Crippen molar-refractivity contribution in [2.24, 2.45) is 0 Å². The van der Waals surface area contributed by atoms with Crippen molar-refractivity contribution in [3.8, 4) is 22.8 Å². The molecule has 8 heteroatoms. The third-order valence-electron chi connectivity index (χ3n) is 3.35. The summed E-state index contributed by atoms with van der Waals surface area (Å²) in [7, 11) is 3.21. The normalized spacial score (nSPS) is 10.5. The van der Waals surface area contributed by atoms with Crippen LogP contribution in [0.5, 0.6) is 11.5 Å². The standard InChI is InChI=1S/C16H17N5O2S/c1-4-15-20-21-16(24-15)17-14-8-6-11(18-19-14)10-5-7-12(22-2)13(9-10)23-3/h5-9H,4H2,1-3H3,(H,17,19,21). The highest BCUT2D eigenvalue weighted by molar-refractivity contribution is 7.15. The van der Waals surface area contributed by atoms with E-state index < -0.39 is 0 Å². The second-order valence-corrected chi connectivity index (χ2v) is 5.92. The van der Waals surface area contributed by atoms with E-state index in [-0.39, 0.29) is 0 Å². The lowest BCUT2D eigenvalue weighted by Gasteiger charge is -2.09. The third kappa shape index (κ3) is 3.43. The van der Waals surface area contributed by atoms with Crippen LogP contribution >= 0.6 is 11.3 Å². The summed E-state index contributed by atoms with van der Waals surface area (Å²) >= 11 is 1.51. The van der Waals surface area contributed by atoms with Gasteiger partial charge in [0.15, 0.2) is 17.3 Å². The largest absolute Gasteiger partial charge is 0.493 e. The van der Waals surface area contributed by atoms with Crippen LogP contribution in [-0.4, -0.2) is 34.6 Å². The minimum Gasteiger partial charge on any atom is -0.493 e. The Labute approximate surface area is 143 Å². The van der Waals surface area contributed by atoms with E-state index in [1.165, 1.54) is 11.3 Å². The lowest BCUT2D eigenvalue weighted by atomic mass is 10.1. The molecule has 2 aromatic heterocycles. The van der Waals surface area contributed by atoms with Crippen molar-refractivity contribution in [1.82, 2.24) is 20.4 Å². The fraction of sp³-hybridized carbons (Fsp3) is 0.250. The zero-order valence-electron chi connectivity index (χ0n) is 13.6. The average Bonchev–Trinajstić information content (AvgIpc) is 3.09. The van der Waals surface area contributed by atoms with Crippen LogP contribution in [0.1, 0.15) is 11.9 Å². The molecule has 1 N–H and O–H groups in total. The number of nitrogens with one attached hydrogen (secondary N) is 1. The van der Waals surface area contributed by atoms with E-state index in [2.05, 4.69) is 25.7 Å². The Morgan fingerprint density at radius 1 is 0.958 bits per heavy atom. The Morgan fingerprint density at radius 3 is 2.42 bits per heavy atom. The summed E-state index contributed by atoms with van der Waals surface area (Å²) in [4.78, 5) is 0. The van der Waals surface area contributed by atoms with Crippen LogP contribution in [0.4, 0.5) is 10.9 Å². The van der Waals surface area contributed by atoms with Crippen LogP contribution in [0.3, 0.4) is 0 Å². The van der Waals surface area contributed by atoms with Gasteiger partial charge < -0.3 is 14.8 Å². The first-order chi connectivity index (χ1) is 11.7. The van der Waals surface area contributed by atoms with Crippen molar-refractivity contribution in [2.45, 2.75) is 13.3 Å². The van der Waals surface area contributed by atoms with Gasteiger partial charge in [-0.05, 0) is 36.8 Å². The average molecular weight is 343 g/mol. The van der Waals surface area contributed by atoms with Crippen molar-refractivity contribution >= 4 is 22.3 Å². The molecule has 0 aliphatic heterocycles. The first-order valence-corrected chi connectivity index (χ1v) is 8.20. The van der Waals surface area contributed by atoms with Gasteiger partial charge in [0.1, 0.15) is 5.01 Å². The highest BCUT2D eigenvalue weighted by atomic mass is 32.1. The number of methoxy groups -OCH3 is 2. The molecule has 3 rings (SSSR count). The molecule has 0 saturated carbocycles. The number of nitrogens with zero attached hydrogens (tertiary/aromatic N) is 4. The quantitative estimate of drug-likeness (QED) is 0.735. The first-order valence-electron chi connectivity index (χ1n) is 7.39. The fourth-order valence-corrected chi connectivity index (χ4v) is 2.79. The van der Waals surface area contributed by atoms with Crippen LogP contribution in [0.25, 0.3) is 11.3 Å². The van der Waals surface area contributed by atoms with Crippen LogP contribution < -0.4 is 14.8 Å². The molecule has 0 amide bonds. The van der Waals surface area contributed by atoms with Crippen molar-refractivity contribution in [2.75, 3.05) is 19.5 Å². The summed E-state index contributed by atoms with van der Waals surface area (Å²) in [5.74, 6) is 1.95. The molecule has 24 heavy (non-hydrogen) atoms. The topological polar surface area (TPSA) is 82.1 Å². The molecule has 124 valence electrons. The molecule has 0 aliphatic rings. The van der Waals surface area contributed by atoms with Crippen LogP contribution in [-0.2, 0) is 6.42 Å². The predicted octanol–water partition coefficient (Wildman–Crippen LogP) is 3.32. The van der Waals surface area contributed by atoms with Gasteiger partial charge in [-0.3, -0.25) is 0 Å². The Kier molecular flexibility index (Phi) is 4.85.